The van der Waals surface area contributed by atoms with E-state index in [1.807, 2.05) is 0 Å². The largest absolute Gasteiger partial charge is 0.466 e. The first-order chi connectivity index (χ1) is 9.52. The van der Waals surface area contributed by atoms with Crippen LogP contribution in [0, 0.1) is 11.8 Å². The van der Waals surface area contributed by atoms with Crippen LogP contribution in [-0.4, -0.2) is 60.4 Å². The summed E-state index contributed by atoms with van der Waals surface area (Å²) in [6, 6.07) is 0. The van der Waals surface area contributed by atoms with Crippen LogP contribution in [-0.2, 0) is 19.1 Å². The Morgan fingerprint density at radius 1 is 1.10 bits per heavy atom. The maximum atomic E-state index is 12.3. The SMILES string of the molecule is CCOC(=O)C1CCCN(C(=O)C2CN(C(C)=O)C2)C1. The molecule has 0 aromatic heterocycles. The van der Waals surface area contributed by atoms with Gasteiger partial charge < -0.3 is 14.5 Å². The third-order valence-corrected chi connectivity index (χ3v) is 4.03. The van der Waals surface area contributed by atoms with Gasteiger partial charge in [0.1, 0.15) is 0 Å². The number of piperidine rings is 1. The molecule has 2 amide bonds. The van der Waals surface area contributed by atoms with Crippen LogP contribution in [0.4, 0.5) is 0 Å². The normalized spacial score (nSPS) is 23.2. The molecule has 20 heavy (non-hydrogen) atoms. The highest BCUT2D eigenvalue weighted by Gasteiger charge is 2.38. The zero-order valence-corrected chi connectivity index (χ0v) is 12.1. The first-order valence-corrected chi connectivity index (χ1v) is 7.23. The van der Waals surface area contributed by atoms with Crippen LogP contribution in [0.3, 0.4) is 0 Å². The molecule has 0 bridgehead atoms. The fraction of sp³-hybridized carbons (Fsp3) is 0.786. The fourth-order valence-electron chi connectivity index (χ4n) is 2.78. The van der Waals surface area contributed by atoms with Gasteiger partial charge in [0.05, 0.1) is 18.4 Å². The third kappa shape index (κ3) is 3.11. The minimum Gasteiger partial charge on any atom is -0.466 e. The van der Waals surface area contributed by atoms with Crippen molar-refractivity contribution in [2.45, 2.75) is 26.7 Å². The molecule has 0 saturated carbocycles. The van der Waals surface area contributed by atoms with E-state index in [-0.39, 0.29) is 29.6 Å². The topological polar surface area (TPSA) is 66.9 Å². The summed E-state index contributed by atoms with van der Waals surface area (Å²) < 4.78 is 5.03. The van der Waals surface area contributed by atoms with Gasteiger partial charge >= 0.3 is 5.97 Å². The van der Waals surface area contributed by atoms with E-state index in [1.54, 1.807) is 16.7 Å². The predicted molar refractivity (Wildman–Crippen MR) is 71.7 cm³/mol. The highest BCUT2D eigenvalue weighted by atomic mass is 16.5. The van der Waals surface area contributed by atoms with Gasteiger partial charge in [0.2, 0.25) is 11.8 Å². The number of amides is 2. The Hall–Kier alpha value is -1.59. The van der Waals surface area contributed by atoms with Gasteiger partial charge in [0.15, 0.2) is 0 Å². The minimum atomic E-state index is -0.205. The summed E-state index contributed by atoms with van der Waals surface area (Å²) in [5.41, 5.74) is 0. The third-order valence-electron chi connectivity index (χ3n) is 4.03. The molecule has 0 N–H and O–H groups in total. The van der Waals surface area contributed by atoms with Gasteiger partial charge in [-0.05, 0) is 19.8 Å². The van der Waals surface area contributed by atoms with Gasteiger partial charge in [-0.1, -0.05) is 0 Å². The summed E-state index contributed by atoms with van der Waals surface area (Å²) in [6.07, 6.45) is 1.62. The average Bonchev–Trinajstić information content (AvgIpc) is 2.37. The summed E-state index contributed by atoms with van der Waals surface area (Å²) in [6.45, 7) is 5.84. The zero-order chi connectivity index (χ0) is 14.7. The van der Waals surface area contributed by atoms with Crippen LogP contribution >= 0.6 is 0 Å². The fourth-order valence-corrected chi connectivity index (χ4v) is 2.78. The van der Waals surface area contributed by atoms with Gasteiger partial charge in [0, 0.05) is 33.1 Å². The van der Waals surface area contributed by atoms with E-state index in [4.69, 9.17) is 4.74 Å². The van der Waals surface area contributed by atoms with E-state index in [1.165, 1.54) is 6.92 Å². The molecule has 6 nitrogen and oxygen atoms in total. The van der Waals surface area contributed by atoms with Gasteiger partial charge in [-0.3, -0.25) is 14.4 Å². The molecule has 2 rings (SSSR count). The second-order valence-electron chi connectivity index (χ2n) is 5.50. The summed E-state index contributed by atoms with van der Waals surface area (Å²) >= 11 is 0. The van der Waals surface area contributed by atoms with Crippen molar-refractivity contribution in [3.05, 3.63) is 0 Å². The Labute approximate surface area is 119 Å². The number of esters is 1. The second kappa shape index (κ2) is 6.24. The molecule has 2 heterocycles. The van der Waals surface area contributed by atoms with E-state index < -0.39 is 0 Å². The molecule has 0 spiro atoms. The molecule has 1 unspecified atom stereocenters. The maximum Gasteiger partial charge on any atom is 0.310 e. The molecule has 112 valence electrons. The summed E-state index contributed by atoms with van der Waals surface area (Å²) in [5, 5.41) is 0. The van der Waals surface area contributed by atoms with E-state index >= 15 is 0 Å². The van der Waals surface area contributed by atoms with E-state index in [0.717, 1.165) is 12.8 Å². The van der Waals surface area contributed by atoms with Crippen LogP contribution < -0.4 is 0 Å². The molecule has 6 heteroatoms. The Kier molecular flexibility index (Phi) is 4.62. The van der Waals surface area contributed by atoms with Crippen LogP contribution in [0.2, 0.25) is 0 Å². The number of carbonyl (C=O) groups is 3. The minimum absolute atomic E-state index is 0.0112. The van der Waals surface area contributed by atoms with Crippen LogP contribution in [0.15, 0.2) is 0 Å². The summed E-state index contributed by atoms with van der Waals surface area (Å²) in [4.78, 5) is 38.6. The van der Waals surface area contributed by atoms with Crippen LogP contribution in [0.1, 0.15) is 26.7 Å². The Morgan fingerprint density at radius 3 is 2.35 bits per heavy atom. The van der Waals surface area contributed by atoms with E-state index in [2.05, 4.69) is 0 Å². The number of likely N-dealkylation sites (tertiary alicyclic amines) is 2. The van der Waals surface area contributed by atoms with Crippen molar-refractivity contribution in [3.63, 3.8) is 0 Å². The second-order valence-corrected chi connectivity index (χ2v) is 5.50. The van der Waals surface area contributed by atoms with Crippen molar-refractivity contribution < 1.29 is 19.1 Å². The van der Waals surface area contributed by atoms with E-state index in [0.29, 0.717) is 32.8 Å². The Balaban J connectivity index is 1.85. The average molecular weight is 282 g/mol. The smallest absolute Gasteiger partial charge is 0.310 e. The van der Waals surface area contributed by atoms with Gasteiger partial charge in [-0.15, -0.1) is 0 Å². The standard InChI is InChI=1S/C14H22N2O4/c1-3-20-14(19)11-5-4-6-15(7-11)13(18)12-8-16(9-12)10(2)17/h11-12H,3-9H2,1-2H3. The lowest BCUT2D eigenvalue weighted by Crippen LogP contribution is -2.57. The van der Waals surface area contributed by atoms with E-state index in [9.17, 15) is 14.4 Å². The molecule has 0 aromatic carbocycles. The Bertz CT molecular complexity index is 404. The lowest BCUT2D eigenvalue weighted by Gasteiger charge is -2.41. The lowest BCUT2D eigenvalue weighted by atomic mass is 9.93. The van der Waals surface area contributed by atoms with Gasteiger partial charge in [-0.2, -0.15) is 0 Å². The highest BCUT2D eigenvalue weighted by Crippen LogP contribution is 2.23. The molecule has 2 aliphatic heterocycles. The quantitative estimate of drug-likeness (QED) is 0.697. The number of ether oxygens (including phenoxy) is 1. The van der Waals surface area contributed by atoms with Crippen LogP contribution in [0.5, 0.6) is 0 Å². The molecular formula is C14H22N2O4. The first kappa shape index (κ1) is 14.8. The first-order valence-electron chi connectivity index (χ1n) is 7.23. The van der Waals surface area contributed by atoms with Crippen molar-refractivity contribution in [2.75, 3.05) is 32.8 Å². The van der Waals surface area contributed by atoms with Crippen molar-refractivity contribution >= 4 is 17.8 Å². The summed E-state index contributed by atoms with van der Waals surface area (Å²) in [5.74, 6) is -0.422. The predicted octanol–water partition coefficient (Wildman–Crippen LogP) is 0.266. The highest BCUT2D eigenvalue weighted by molar-refractivity contribution is 5.84. The number of rotatable bonds is 3. The monoisotopic (exact) mass is 282 g/mol. The molecule has 2 aliphatic rings. The van der Waals surface area contributed by atoms with Crippen molar-refractivity contribution in [1.29, 1.82) is 0 Å². The number of hydrogen-bond acceptors (Lipinski definition) is 4. The molecular weight excluding hydrogens is 260 g/mol. The maximum absolute atomic E-state index is 12.3. The van der Waals surface area contributed by atoms with Crippen molar-refractivity contribution in [1.82, 2.24) is 9.80 Å². The molecule has 1 atom stereocenters. The summed E-state index contributed by atoms with van der Waals surface area (Å²) in [7, 11) is 0. The van der Waals surface area contributed by atoms with Gasteiger partial charge in [0.25, 0.3) is 0 Å². The number of carbonyl (C=O) groups excluding carboxylic acids is 3. The van der Waals surface area contributed by atoms with Gasteiger partial charge in [-0.25, -0.2) is 0 Å². The Morgan fingerprint density at radius 2 is 1.75 bits per heavy atom. The molecule has 0 aromatic rings. The lowest BCUT2D eigenvalue weighted by molar-refractivity contribution is -0.154. The number of nitrogens with zero attached hydrogens (tertiary/aromatic N) is 2. The zero-order valence-electron chi connectivity index (χ0n) is 12.1. The number of hydrogen-bond donors (Lipinski definition) is 0. The van der Waals surface area contributed by atoms with Crippen LogP contribution in [0.25, 0.3) is 0 Å². The molecule has 0 radical (unpaired) electrons. The molecule has 0 aliphatic carbocycles. The molecule has 2 saturated heterocycles. The van der Waals surface area contributed by atoms with Crippen molar-refractivity contribution in [3.8, 4) is 0 Å². The molecule has 2 fully saturated rings. The van der Waals surface area contributed by atoms with Crippen molar-refractivity contribution in [2.24, 2.45) is 11.8 Å².